The smallest absolute Gasteiger partial charge is 0.337 e. The maximum Gasteiger partial charge on any atom is 0.337 e. The lowest BCUT2D eigenvalue weighted by Crippen LogP contribution is -2.33. The molecule has 7 nitrogen and oxygen atoms in total. The van der Waals surface area contributed by atoms with E-state index in [0.29, 0.717) is 30.3 Å². The number of aromatic hydroxyl groups is 1. The molecule has 0 fully saturated rings. The number of nitrogens with zero attached hydrogens (tertiary/aromatic N) is 1. The van der Waals surface area contributed by atoms with Gasteiger partial charge in [-0.2, -0.15) is 0 Å². The Labute approximate surface area is 143 Å². The second-order valence-corrected chi connectivity index (χ2v) is 5.78. The van der Waals surface area contributed by atoms with Crippen molar-refractivity contribution < 1.29 is 19.7 Å². The molecule has 1 heterocycles. The number of rotatable bonds is 6. The van der Waals surface area contributed by atoms with Crippen LogP contribution in [0.1, 0.15) is 15.2 Å². The van der Waals surface area contributed by atoms with Crippen LogP contribution in [0.25, 0.3) is 0 Å². The second kappa shape index (κ2) is 8.90. The molecule has 128 valence electrons. The summed E-state index contributed by atoms with van der Waals surface area (Å²) in [6.07, 6.45) is 0. The number of hydrogen-bond donors (Lipinski definition) is 4. The molecule has 0 atom stereocenters. The maximum absolute atomic E-state index is 11.6. The van der Waals surface area contributed by atoms with Crippen molar-refractivity contribution in [2.24, 2.45) is 4.99 Å². The lowest BCUT2D eigenvalue weighted by molar-refractivity contribution is 0.0601. The highest BCUT2D eigenvalue weighted by atomic mass is 32.1. The van der Waals surface area contributed by atoms with Crippen molar-refractivity contribution in [2.75, 3.05) is 25.6 Å². The molecule has 0 saturated heterocycles. The van der Waals surface area contributed by atoms with Crippen molar-refractivity contribution in [1.82, 2.24) is 5.32 Å². The van der Waals surface area contributed by atoms with E-state index in [1.165, 1.54) is 25.3 Å². The number of nitrogens with one attached hydrogen (secondary N) is 2. The van der Waals surface area contributed by atoms with Gasteiger partial charge < -0.3 is 25.6 Å². The number of phenols is 1. The minimum absolute atomic E-state index is 0.0303. The summed E-state index contributed by atoms with van der Waals surface area (Å²) in [7, 11) is 1.29. The van der Waals surface area contributed by atoms with Crippen molar-refractivity contribution in [3.8, 4) is 5.75 Å². The average molecular weight is 349 g/mol. The fourth-order valence-corrected chi connectivity index (χ4v) is 2.51. The first-order valence-electron chi connectivity index (χ1n) is 7.24. The number of guanidine groups is 1. The van der Waals surface area contributed by atoms with Crippen LogP contribution in [-0.2, 0) is 11.3 Å². The predicted octanol–water partition coefficient (Wildman–Crippen LogP) is 1.79. The molecule has 24 heavy (non-hydrogen) atoms. The average Bonchev–Trinajstić information content (AvgIpc) is 3.11. The summed E-state index contributed by atoms with van der Waals surface area (Å²) in [6, 6.07) is 8.25. The normalized spacial score (nSPS) is 11.2. The van der Waals surface area contributed by atoms with Gasteiger partial charge in [0.2, 0.25) is 0 Å². The maximum atomic E-state index is 11.6. The van der Waals surface area contributed by atoms with Gasteiger partial charge in [0.1, 0.15) is 5.75 Å². The number of phenolic OH excluding ortho intramolecular Hbond substituents is 1. The predicted molar refractivity (Wildman–Crippen MR) is 93.6 cm³/mol. The number of hydrogen-bond acceptors (Lipinski definition) is 6. The standard InChI is InChI=1S/C16H19N3O4S/c1-23-15(22)11-4-5-14(21)13(9-11)19-16(17-6-7-20)18-10-12-3-2-8-24-12/h2-5,8-9,20-21H,6-7,10H2,1H3,(H2,17,18,19). The summed E-state index contributed by atoms with van der Waals surface area (Å²) in [5, 5.41) is 26.8. The lowest BCUT2D eigenvalue weighted by atomic mass is 10.2. The Bertz CT molecular complexity index is 701. The van der Waals surface area contributed by atoms with Gasteiger partial charge in [-0.3, -0.25) is 0 Å². The van der Waals surface area contributed by atoms with Crippen molar-refractivity contribution in [2.45, 2.75) is 6.54 Å². The van der Waals surface area contributed by atoms with Crippen LogP contribution < -0.4 is 10.6 Å². The van der Waals surface area contributed by atoms with Crippen molar-refractivity contribution in [3.63, 3.8) is 0 Å². The summed E-state index contributed by atoms with van der Waals surface area (Å²) in [4.78, 5) is 17.1. The monoisotopic (exact) mass is 349 g/mol. The third-order valence-corrected chi connectivity index (χ3v) is 3.91. The van der Waals surface area contributed by atoms with Crippen LogP contribution in [0, 0.1) is 0 Å². The summed E-state index contributed by atoms with van der Waals surface area (Å²) >= 11 is 1.58. The van der Waals surface area contributed by atoms with E-state index in [4.69, 9.17) is 5.11 Å². The van der Waals surface area contributed by atoms with E-state index in [-0.39, 0.29) is 12.4 Å². The van der Waals surface area contributed by atoms with Crippen molar-refractivity contribution in [3.05, 3.63) is 46.2 Å². The summed E-state index contributed by atoms with van der Waals surface area (Å²) in [5.41, 5.74) is 0.617. The molecule has 0 saturated carbocycles. The fourth-order valence-electron chi connectivity index (χ4n) is 1.88. The summed E-state index contributed by atoms with van der Waals surface area (Å²) in [5.74, 6) is -0.148. The Morgan fingerprint density at radius 2 is 2.21 bits per heavy atom. The number of thiophene rings is 1. The van der Waals surface area contributed by atoms with Gasteiger partial charge in [-0.05, 0) is 29.6 Å². The molecule has 0 bridgehead atoms. The molecule has 0 aliphatic carbocycles. The van der Waals surface area contributed by atoms with Gasteiger partial charge in [-0.15, -0.1) is 11.3 Å². The number of benzene rings is 1. The summed E-state index contributed by atoms with van der Waals surface area (Å²) < 4.78 is 4.67. The van der Waals surface area contributed by atoms with Gasteiger partial charge >= 0.3 is 5.97 Å². The van der Waals surface area contributed by atoms with Gasteiger partial charge in [0, 0.05) is 11.4 Å². The Morgan fingerprint density at radius 1 is 1.38 bits per heavy atom. The molecule has 2 aromatic rings. The molecule has 0 aliphatic rings. The molecule has 0 aliphatic heterocycles. The number of methoxy groups -OCH3 is 1. The van der Waals surface area contributed by atoms with Gasteiger partial charge in [0.25, 0.3) is 0 Å². The van der Waals surface area contributed by atoms with E-state index >= 15 is 0 Å². The van der Waals surface area contributed by atoms with E-state index in [2.05, 4.69) is 20.4 Å². The van der Waals surface area contributed by atoms with Gasteiger partial charge in [-0.1, -0.05) is 6.07 Å². The zero-order valence-corrected chi connectivity index (χ0v) is 14.0. The Hall–Kier alpha value is -2.58. The van der Waals surface area contributed by atoms with Crippen LogP contribution in [0.15, 0.2) is 40.7 Å². The number of aliphatic hydroxyl groups is 1. The quantitative estimate of drug-likeness (QED) is 0.274. The number of carbonyl (C=O) groups excluding carboxylic acids is 1. The molecule has 0 unspecified atom stereocenters. The number of ether oxygens (including phenoxy) is 1. The van der Waals surface area contributed by atoms with Gasteiger partial charge in [-0.25, -0.2) is 9.79 Å². The minimum Gasteiger partial charge on any atom is -0.506 e. The highest BCUT2D eigenvalue weighted by Crippen LogP contribution is 2.24. The molecule has 0 radical (unpaired) electrons. The van der Waals surface area contributed by atoms with Crippen LogP contribution in [0.2, 0.25) is 0 Å². The van der Waals surface area contributed by atoms with Gasteiger partial charge in [0.15, 0.2) is 5.96 Å². The SMILES string of the molecule is COC(=O)c1ccc(O)c(NC(=NCc2cccs2)NCCO)c1. The first-order valence-corrected chi connectivity index (χ1v) is 8.12. The molecular weight excluding hydrogens is 330 g/mol. The van der Waals surface area contributed by atoms with Crippen LogP contribution in [0.5, 0.6) is 5.75 Å². The molecule has 8 heteroatoms. The van der Waals surface area contributed by atoms with Crippen LogP contribution >= 0.6 is 11.3 Å². The number of aliphatic hydroxyl groups excluding tert-OH is 1. The van der Waals surface area contributed by atoms with Crippen molar-refractivity contribution in [1.29, 1.82) is 0 Å². The Balaban J connectivity index is 2.18. The lowest BCUT2D eigenvalue weighted by Gasteiger charge is -2.13. The molecular formula is C16H19N3O4S. The first-order chi connectivity index (χ1) is 11.6. The van der Waals surface area contributed by atoms with Crippen molar-refractivity contribution >= 4 is 29.0 Å². The number of carbonyl (C=O) groups is 1. The van der Waals surface area contributed by atoms with Crippen LogP contribution in [0.3, 0.4) is 0 Å². The third kappa shape index (κ3) is 4.97. The zero-order chi connectivity index (χ0) is 17.4. The highest BCUT2D eigenvalue weighted by molar-refractivity contribution is 7.09. The molecule has 0 spiro atoms. The highest BCUT2D eigenvalue weighted by Gasteiger charge is 2.11. The Morgan fingerprint density at radius 3 is 2.88 bits per heavy atom. The molecule has 4 N–H and O–H groups in total. The van der Waals surface area contributed by atoms with E-state index in [0.717, 1.165) is 4.88 Å². The molecule has 0 amide bonds. The van der Waals surface area contributed by atoms with E-state index < -0.39 is 5.97 Å². The molecule has 1 aromatic carbocycles. The topological polar surface area (TPSA) is 103 Å². The molecule has 1 aromatic heterocycles. The van der Waals surface area contributed by atoms with Gasteiger partial charge in [0.05, 0.1) is 31.5 Å². The first kappa shape index (κ1) is 17.8. The van der Waals surface area contributed by atoms with E-state index in [1.54, 1.807) is 11.3 Å². The number of anilines is 1. The van der Waals surface area contributed by atoms with Crippen LogP contribution in [0.4, 0.5) is 5.69 Å². The third-order valence-electron chi connectivity index (χ3n) is 3.05. The second-order valence-electron chi connectivity index (χ2n) is 4.74. The zero-order valence-electron chi connectivity index (χ0n) is 13.2. The number of aliphatic imine (C=N–C) groups is 1. The largest absolute Gasteiger partial charge is 0.506 e. The number of esters is 1. The fraction of sp³-hybridized carbons (Fsp3) is 0.250. The molecule has 2 rings (SSSR count). The Kier molecular flexibility index (Phi) is 6.59. The van der Waals surface area contributed by atoms with E-state index in [9.17, 15) is 9.90 Å². The minimum atomic E-state index is -0.501. The summed E-state index contributed by atoms with van der Waals surface area (Å²) in [6.45, 7) is 0.692. The van der Waals surface area contributed by atoms with E-state index in [1.807, 2.05) is 17.5 Å². The van der Waals surface area contributed by atoms with Crippen LogP contribution in [-0.4, -0.2) is 42.4 Å².